The average molecular weight is 256 g/mol. The molecule has 2 aliphatic rings. The third-order valence-corrected chi connectivity index (χ3v) is 5.43. The van der Waals surface area contributed by atoms with Crippen molar-refractivity contribution in [2.45, 2.75) is 38.6 Å². The van der Waals surface area contributed by atoms with Gasteiger partial charge in [-0.15, -0.1) is 11.3 Å². The van der Waals surface area contributed by atoms with E-state index in [-0.39, 0.29) is 0 Å². The standard InChI is InChI=1S/C13H18ClNS/c14-12-5-4-11(16-12)8-15-9-13(6-1-7-13)10-2-3-10/h4-5,10,15H,1-3,6-9H2. The summed E-state index contributed by atoms with van der Waals surface area (Å²) in [7, 11) is 0. The van der Waals surface area contributed by atoms with E-state index < -0.39 is 0 Å². The molecule has 3 rings (SSSR count). The Balaban J connectivity index is 1.49. The van der Waals surface area contributed by atoms with Crippen LogP contribution in [-0.4, -0.2) is 6.54 Å². The molecule has 1 N–H and O–H groups in total. The van der Waals surface area contributed by atoms with Gasteiger partial charge in [-0.05, 0) is 49.1 Å². The van der Waals surface area contributed by atoms with Crippen molar-refractivity contribution in [2.24, 2.45) is 11.3 Å². The topological polar surface area (TPSA) is 12.0 Å². The summed E-state index contributed by atoms with van der Waals surface area (Å²) >= 11 is 7.61. The molecular formula is C13H18ClNS. The molecule has 0 unspecified atom stereocenters. The molecule has 2 saturated carbocycles. The van der Waals surface area contributed by atoms with Gasteiger partial charge in [-0.2, -0.15) is 0 Å². The summed E-state index contributed by atoms with van der Waals surface area (Å²) in [4.78, 5) is 1.36. The van der Waals surface area contributed by atoms with Crippen LogP contribution in [0.4, 0.5) is 0 Å². The maximum atomic E-state index is 5.92. The fraction of sp³-hybridized carbons (Fsp3) is 0.692. The molecule has 2 aliphatic carbocycles. The van der Waals surface area contributed by atoms with Gasteiger partial charge in [-0.1, -0.05) is 18.0 Å². The number of rotatable bonds is 5. The Morgan fingerprint density at radius 2 is 2.19 bits per heavy atom. The molecule has 0 atom stereocenters. The van der Waals surface area contributed by atoms with Crippen LogP contribution in [0.1, 0.15) is 37.0 Å². The zero-order valence-electron chi connectivity index (χ0n) is 9.47. The highest BCUT2D eigenvalue weighted by Crippen LogP contribution is 2.56. The van der Waals surface area contributed by atoms with E-state index in [1.165, 1.54) is 43.5 Å². The number of hydrogen-bond donors (Lipinski definition) is 1. The SMILES string of the molecule is Clc1ccc(CNCC2(C3CC3)CCC2)s1. The number of thiophene rings is 1. The Morgan fingerprint density at radius 3 is 2.69 bits per heavy atom. The van der Waals surface area contributed by atoms with Gasteiger partial charge in [0.2, 0.25) is 0 Å². The first-order chi connectivity index (χ1) is 7.78. The third-order valence-electron chi connectivity index (χ3n) is 4.20. The molecule has 88 valence electrons. The van der Waals surface area contributed by atoms with E-state index in [0.717, 1.165) is 16.8 Å². The van der Waals surface area contributed by atoms with Crippen molar-refractivity contribution >= 4 is 22.9 Å². The van der Waals surface area contributed by atoms with Crippen LogP contribution in [0, 0.1) is 11.3 Å². The normalized spacial score (nSPS) is 23.1. The van der Waals surface area contributed by atoms with E-state index in [1.807, 2.05) is 6.07 Å². The molecule has 1 nitrogen and oxygen atoms in total. The predicted octanol–water partition coefficient (Wildman–Crippen LogP) is 4.07. The van der Waals surface area contributed by atoms with E-state index in [1.54, 1.807) is 11.3 Å². The van der Waals surface area contributed by atoms with Crippen LogP contribution >= 0.6 is 22.9 Å². The van der Waals surface area contributed by atoms with E-state index in [4.69, 9.17) is 11.6 Å². The second-order valence-corrected chi connectivity index (χ2v) is 7.10. The Kier molecular flexibility index (Phi) is 2.99. The number of nitrogens with one attached hydrogen (secondary N) is 1. The molecule has 0 spiro atoms. The van der Waals surface area contributed by atoms with Crippen LogP contribution in [0.3, 0.4) is 0 Å². The lowest BCUT2D eigenvalue weighted by Crippen LogP contribution is -2.41. The van der Waals surface area contributed by atoms with Crippen molar-refractivity contribution in [2.75, 3.05) is 6.54 Å². The van der Waals surface area contributed by atoms with E-state index in [0.29, 0.717) is 5.41 Å². The summed E-state index contributed by atoms with van der Waals surface area (Å²) in [6.45, 7) is 2.21. The molecule has 1 aromatic rings. The van der Waals surface area contributed by atoms with Crippen molar-refractivity contribution in [3.05, 3.63) is 21.3 Å². The minimum atomic E-state index is 0.682. The summed E-state index contributed by atoms with van der Waals surface area (Å²) in [5.74, 6) is 1.04. The molecule has 0 radical (unpaired) electrons. The first kappa shape index (κ1) is 11.1. The lowest BCUT2D eigenvalue weighted by molar-refractivity contribution is 0.0988. The maximum absolute atomic E-state index is 5.92. The van der Waals surface area contributed by atoms with Gasteiger partial charge in [0.05, 0.1) is 4.34 Å². The first-order valence-corrected chi connectivity index (χ1v) is 7.43. The monoisotopic (exact) mass is 255 g/mol. The summed E-state index contributed by atoms with van der Waals surface area (Å²) in [6, 6.07) is 4.12. The largest absolute Gasteiger partial charge is 0.311 e. The molecule has 2 fully saturated rings. The molecule has 1 heterocycles. The first-order valence-electron chi connectivity index (χ1n) is 6.23. The van der Waals surface area contributed by atoms with Crippen molar-refractivity contribution in [3.63, 3.8) is 0 Å². The Bertz CT molecular complexity index is 366. The molecule has 3 heteroatoms. The molecule has 0 aromatic carbocycles. The van der Waals surface area contributed by atoms with Crippen molar-refractivity contribution in [1.82, 2.24) is 5.32 Å². The molecule has 1 aromatic heterocycles. The van der Waals surface area contributed by atoms with Crippen LogP contribution in [-0.2, 0) is 6.54 Å². The van der Waals surface area contributed by atoms with Gasteiger partial charge in [0, 0.05) is 18.0 Å². The minimum absolute atomic E-state index is 0.682. The van der Waals surface area contributed by atoms with Gasteiger partial charge < -0.3 is 5.32 Å². The van der Waals surface area contributed by atoms with Gasteiger partial charge in [-0.25, -0.2) is 0 Å². The fourth-order valence-corrected chi connectivity index (χ4v) is 3.99. The Labute approximate surface area is 106 Å². The summed E-state index contributed by atoms with van der Waals surface area (Å²) < 4.78 is 0.900. The summed E-state index contributed by atoms with van der Waals surface area (Å²) in [6.07, 6.45) is 7.31. The molecule has 16 heavy (non-hydrogen) atoms. The maximum Gasteiger partial charge on any atom is 0.0931 e. The zero-order valence-corrected chi connectivity index (χ0v) is 11.0. The van der Waals surface area contributed by atoms with Gasteiger partial charge in [0.25, 0.3) is 0 Å². The van der Waals surface area contributed by atoms with Crippen molar-refractivity contribution < 1.29 is 0 Å². The summed E-state index contributed by atoms with van der Waals surface area (Å²) in [5.41, 5.74) is 0.682. The highest BCUT2D eigenvalue weighted by Gasteiger charge is 2.48. The summed E-state index contributed by atoms with van der Waals surface area (Å²) in [5, 5.41) is 3.63. The lowest BCUT2D eigenvalue weighted by Gasteiger charge is -2.42. The second kappa shape index (κ2) is 4.32. The fourth-order valence-electron chi connectivity index (χ4n) is 2.94. The highest BCUT2D eigenvalue weighted by atomic mass is 35.5. The van der Waals surface area contributed by atoms with Crippen LogP contribution in [0.25, 0.3) is 0 Å². The van der Waals surface area contributed by atoms with E-state index in [2.05, 4.69) is 11.4 Å². The molecule has 0 amide bonds. The Morgan fingerprint density at radius 1 is 1.38 bits per heavy atom. The smallest absolute Gasteiger partial charge is 0.0931 e. The van der Waals surface area contributed by atoms with Gasteiger partial charge in [0.1, 0.15) is 0 Å². The van der Waals surface area contributed by atoms with Crippen molar-refractivity contribution in [3.8, 4) is 0 Å². The van der Waals surface area contributed by atoms with E-state index >= 15 is 0 Å². The van der Waals surface area contributed by atoms with Crippen LogP contribution in [0.5, 0.6) is 0 Å². The highest BCUT2D eigenvalue weighted by molar-refractivity contribution is 7.16. The lowest BCUT2D eigenvalue weighted by atomic mass is 9.65. The van der Waals surface area contributed by atoms with Crippen LogP contribution in [0.2, 0.25) is 4.34 Å². The third kappa shape index (κ3) is 2.15. The van der Waals surface area contributed by atoms with Crippen molar-refractivity contribution in [1.29, 1.82) is 0 Å². The predicted molar refractivity (Wildman–Crippen MR) is 70.0 cm³/mol. The van der Waals surface area contributed by atoms with Gasteiger partial charge in [0.15, 0.2) is 0 Å². The van der Waals surface area contributed by atoms with Gasteiger partial charge in [-0.3, -0.25) is 0 Å². The quantitative estimate of drug-likeness (QED) is 0.836. The molecule has 0 saturated heterocycles. The van der Waals surface area contributed by atoms with E-state index in [9.17, 15) is 0 Å². The average Bonchev–Trinajstić information content (AvgIpc) is 2.96. The molecular weight excluding hydrogens is 238 g/mol. The second-order valence-electron chi connectivity index (χ2n) is 5.30. The molecule has 0 bridgehead atoms. The number of hydrogen-bond acceptors (Lipinski definition) is 2. The van der Waals surface area contributed by atoms with Gasteiger partial charge >= 0.3 is 0 Å². The Hall–Kier alpha value is -0.0500. The number of halogens is 1. The zero-order chi connectivity index (χ0) is 11.0. The molecule has 0 aliphatic heterocycles. The van der Waals surface area contributed by atoms with Crippen LogP contribution in [0.15, 0.2) is 12.1 Å². The minimum Gasteiger partial charge on any atom is -0.311 e. The van der Waals surface area contributed by atoms with Crippen LogP contribution < -0.4 is 5.32 Å².